The van der Waals surface area contributed by atoms with Gasteiger partial charge in [-0.15, -0.1) is 0 Å². The van der Waals surface area contributed by atoms with Crippen LogP contribution in [0.2, 0.25) is 0 Å². The zero-order chi connectivity index (χ0) is 6.85. The summed E-state index contributed by atoms with van der Waals surface area (Å²) in [5, 5.41) is 0. The summed E-state index contributed by atoms with van der Waals surface area (Å²) in [6.45, 7) is 1.83. The number of nitrogens with two attached hydrogens (primary N) is 1. The van der Waals surface area contributed by atoms with E-state index >= 15 is 0 Å². The largest absolute Gasteiger partial charge is 0.402 e. The minimum Gasteiger partial charge on any atom is -0.402 e. The summed E-state index contributed by atoms with van der Waals surface area (Å²) in [4.78, 5) is 0. The molecule has 1 unspecified atom stereocenters. The molecule has 2 heteroatoms. The molecule has 50 valence electrons. The number of hydrogen-bond acceptors (Lipinski definition) is 1. The van der Waals surface area contributed by atoms with Gasteiger partial charge in [0.1, 0.15) is 5.83 Å². The van der Waals surface area contributed by atoms with Crippen LogP contribution >= 0.6 is 0 Å². The fourth-order valence-electron chi connectivity index (χ4n) is 0.870. The van der Waals surface area contributed by atoms with Gasteiger partial charge >= 0.3 is 0 Å². The molecule has 0 saturated carbocycles. The van der Waals surface area contributed by atoms with Crippen molar-refractivity contribution in [1.82, 2.24) is 0 Å². The van der Waals surface area contributed by atoms with Gasteiger partial charge in [0.25, 0.3) is 0 Å². The van der Waals surface area contributed by atoms with Gasteiger partial charge in [-0.25, -0.2) is 4.39 Å². The van der Waals surface area contributed by atoms with Crippen LogP contribution in [0.5, 0.6) is 0 Å². The summed E-state index contributed by atoms with van der Waals surface area (Å²) < 4.78 is 12.5. The van der Waals surface area contributed by atoms with Gasteiger partial charge in [-0.05, 0) is 18.6 Å². The molecule has 0 fully saturated rings. The fraction of sp³-hybridized carbons (Fsp3) is 0.429. The van der Waals surface area contributed by atoms with Gasteiger partial charge in [-0.1, -0.05) is 6.92 Å². The molecule has 1 nitrogen and oxygen atoms in total. The lowest BCUT2D eigenvalue weighted by Crippen LogP contribution is -2.07. The standard InChI is InChI=1S/C7H10FN/c1-5-4-6(9)2-3-7(5)8/h2-3,5H,4,9H2,1H3. The van der Waals surface area contributed by atoms with Gasteiger partial charge in [0.05, 0.1) is 0 Å². The summed E-state index contributed by atoms with van der Waals surface area (Å²) in [5.41, 5.74) is 6.20. The van der Waals surface area contributed by atoms with Crippen LogP contribution in [0.3, 0.4) is 0 Å². The minimum atomic E-state index is -0.0656. The van der Waals surface area contributed by atoms with Crippen LogP contribution in [-0.4, -0.2) is 0 Å². The fourth-order valence-corrected chi connectivity index (χ4v) is 0.870. The Labute approximate surface area is 54.0 Å². The third kappa shape index (κ3) is 1.31. The van der Waals surface area contributed by atoms with Crippen LogP contribution < -0.4 is 5.73 Å². The molecule has 1 aliphatic carbocycles. The van der Waals surface area contributed by atoms with Crippen LogP contribution in [0.25, 0.3) is 0 Å². The Kier molecular flexibility index (Phi) is 1.56. The first kappa shape index (κ1) is 6.33. The first-order valence-electron chi connectivity index (χ1n) is 3.02. The molecule has 0 amide bonds. The van der Waals surface area contributed by atoms with E-state index in [9.17, 15) is 4.39 Å². The van der Waals surface area contributed by atoms with Crippen LogP contribution in [0, 0.1) is 5.92 Å². The maximum Gasteiger partial charge on any atom is 0.103 e. The second-order valence-corrected chi connectivity index (χ2v) is 2.40. The molecule has 1 rings (SSSR count). The van der Waals surface area contributed by atoms with Crippen molar-refractivity contribution >= 4 is 0 Å². The third-order valence-corrected chi connectivity index (χ3v) is 1.47. The predicted molar refractivity (Wildman–Crippen MR) is 35.2 cm³/mol. The third-order valence-electron chi connectivity index (χ3n) is 1.47. The van der Waals surface area contributed by atoms with E-state index in [1.165, 1.54) is 6.08 Å². The van der Waals surface area contributed by atoms with E-state index in [1.54, 1.807) is 6.08 Å². The zero-order valence-corrected chi connectivity index (χ0v) is 5.39. The highest BCUT2D eigenvalue weighted by atomic mass is 19.1. The number of halogens is 1. The average molecular weight is 127 g/mol. The molecule has 2 N–H and O–H groups in total. The van der Waals surface area contributed by atoms with Gasteiger partial charge < -0.3 is 5.73 Å². The normalized spacial score (nSPS) is 27.1. The predicted octanol–water partition coefficient (Wildman–Crippen LogP) is 1.72. The lowest BCUT2D eigenvalue weighted by atomic mass is 10.00. The van der Waals surface area contributed by atoms with Crippen molar-refractivity contribution in [3.63, 3.8) is 0 Å². The number of hydrogen-bond donors (Lipinski definition) is 1. The lowest BCUT2D eigenvalue weighted by Gasteiger charge is -2.12. The van der Waals surface area contributed by atoms with E-state index in [-0.39, 0.29) is 11.7 Å². The summed E-state index contributed by atoms with van der Waals surface area (Å²) in [7, 11) is 0. The van der Waals surface area contributed by atoms with Gasteiger partial charge in [-0.3, -0.25) is 0 Å². The van der Waals surface area contributed by atoms with Crippen molar-refractivity contribution in [2.75, 3.05) is 0 Å². The van der Waals surface area contributed by atoms with E-state index in [4.69, 9.17) is 5.73 Å². The highest BCUT2D eigenvalue weighted by Crippen LogP contribution is 2.22. The summed E-state index contributed by atoms with van der Waals surface area (Å²) in [6, 6.07) is 0. The zero-order valence-electron chi connectivity index (χ0n) is 5.39. The van der Waals surface area contributed by atoms with Crippen molar-refractivity contribution in [1.29, 1.82) is 0 Å². The van der Waals surface area contributed by atoms with Crippen LogP contribution in [0.15, 0.2) is 23.7 Å². The summed E-state index contributed by atoms with van der Waals surface area (Å²) in [6.07, 6.45) is 3.71. The van der Waals surface area contributed by atoms with E-state index in [0.717, 1.165) is 5.70 Å². The van der Waals surface area contributed by atoms with Gasteiger partial charge in [0.15, 0.2) is 0 Å². The molecule has 0 aromatic carbocycles. The molecule has 0 heterocycles. The Morgan fingerprint density at radius 1 is 1.67 bits per heavy atom. The molecule has 0 aromatic rings. The minimum absolute atomic E-state index is 0.0185. The molecule has 9 heavy (non-hydrogen) atoms. The molecule has 0 saturated heterocycles. The van der Waals surface area contributed by atoms with Crippen molar-refractivity contribution < 1.29 is 4.39 Å². The molecule has 0 spiro atoms. The highest BCUT2D eigenvalue weighted by molar-refractivity contribution is 5.20. The van der Waals surface area contributed by atoms with Crippen LogP contribution in [-0.2, 0) is 0 Å². The number of rotatable bonds is 0. The summed E-state index contributed by atoms with van der Waals surface area (Å²) >= 11 is 0. The second-order valence-electron chi connectivity index (χ2n) is 2.40. The van der Waals surface area contributed by atoms with Crippen molar-refractivity contribution in [3.05, 3.63) is 23.7 Å². The quantitative estimate of drug-likeness (QED) is 0.526. The SMILES string of the molecule is CC1CC(N)=CC=C1F. The molecule has 0 bridgehead atoms. The maximum absolute atomic E-state index is 12.5. The van der Waals surface area contributed by atoms with E-state index in [0.29, 0.717) is 6.42 Å². The Hall–Kier alpha value is -0.790. The summed E-state index contributed by atoms with van der Waals surface area (Å²) in [5.74, 6) is -0.0841. The smallest absolute Gasteiger partial charge is 0.103 e. The first-order chi connectivity index (χ1) is 4.20. The Balaban J connectivity index is 2.74. The molecule has 1 aliphatic rings. The van der Waals surface area contributed by atoms with Crippen molar-refractivity contribution in [3.8, 4) is 0 Å². The average Bonchev–Trinajstić information content (AvgIpc) is 1.80. The van der Waals surface area contributed by atoms with E-state index in [1.807, 2.05) is 6.92 Å². The maximum atomic E-state index is 12.5. The van der Waals surface area contributed by atoms with Crippen molar-refractivity contribution in [2.24, 2.45) is 11.7 Å². The van der Waals surface area contributed by atoms with Crippen LogP contribution in [0.4, 0.5) is 4.39 Å². The van der Waals surface area contributed by atoms with E-state index < -0.39 is 0 Å². The Morgan fingerprint density at radius 3 is 2.78 bits per heavy atom. The molecule has 0 radical (unpaired) electrons. The Morgan fingerprint density at radius 2 is 2.33 bits per heavy atom. The van der Waals surface area contributed by atoms with Gasteiger partial charge in [0, 0.05) is 11.6 Å². The van der Waals surface area contributed by atoms with Crippen molar-refractivity contribution in [2.45, 2.75) is 13.3 Å². The first-order valence-corrected chi connectivity index (χ1v) is 3.02. The monoisotopic (exact) mass is 127 g/mol. The topological polar surface area (TPSA) is 26.0 Å². The lowest BCUT2D eigenvalue weighted by molar-refractivity contribution is 0.482. The van der Waals surface area contributed by atoms with E-state index in [2.05, 4.69) is 0 Å². The van der Waals surface area contributed by atoms with Gasteiger partial charge in [0.2, 0.25) is 0 Å². The highest BCUT2D eigenvalue weighted by Gasteiger charge is 2.11. The molecular formula is C7H10FN. The van der Waals surface area contributed by atoms with Crippen LogP contribution in [0.1, 0.15) is 13.3 Å². The molecule has 0 aromatic heterocycles. The van der Waals surface area contributed by atoms with Gasteiger partial charge in [-0.2, -0.15) is 0 Å². The second kappa shape index (κ2) is 2.21. The molecule has 0 aliphatic heterocycles. The molecular weight excluding hydrogens is 117 g/mol. The molecule has 1 atom stereocenters. The Bertz CT molecular complexity index is 170. The number of allylic oxidation sites excluding steroid dienone is 4.